The zero-order valence-corrected chi connectivity index (χ0v) is 23.9. The van der Waals surface area contributed by atoms with E-state index in [1.165, 1.54) is 12.5 Å². The smallest absolute Gasteiger partial charge is 0.251 e. The van der Waals surface area contributed by atoms with Gasteiger partial charge in [0.1, 0.15) is 6.10 Å². The minimum atomic E-state index is -1.04. The Bertz CT molecular complexity index is 1050. The number of aliphatic hydroxyl groups is 2. The first-order valence-corrected chi connectivity index (χ1v) is 14.9. The maximum absolute atomic E-state index is 12.7. The van der Waals surface area contributed by atoms with Gasteiger partial charge < -0.3 is 30.3 Å². The maximum Gasteiger partial charge on any atom is 0.251 e. The largest absolute Gasteiger partial charge is 0.391 e. The fourth-order valence-corrected chi connectivity index (χ4v) is 5.37. The Morgan fingerprint density at radius 2 is 1.90 bits per heavy atom. The van der Waals surface area contributed by atoms with Crippen molar-refractivity contribution in [2.24, 2.45) is 0 Å². The molecule has 0 radical (unpaired) electrons. The fraction of sp³-hybridized carbons (Fsp3) is 0.533. The molecule has 1 fully saturated rings. The highest BCUT2D eigenvalue weighted by Gasteiger charge is 2.42. The molecule has 0 aromatic heterocycles. The molecule has 0 aliphatic carbocycles. The molecule has 8 nitrogen and oxygen atoms in total. The molecule has 3 rings (SSSR count). The van der Waals surface area contributed by atoms with E-state index in [0.717, 1.165) is 35.5 Å². The third kappa shape index (κ3) is 9.32. The molecule has 4 unspecified atom stereocenters. The van der Waals surface area contributed by atoms with Crippen LogP contribution in [0.2, 0.25) is 0 Å². The van der Waals surface area contributed by atoms with Gasteiger partial charge in [0.15, 0.2) is 6.29 Å². The van der Waals surface area contributed by atoms with E-state index in [-0.39, 0.29) is 31.2 Å². The lowest BCUT2D eigenvalue weighted by molar-refractivity contribution is -0.244. The predicted molar refractivity (Wildman–Crippen MR) is 155 cm³/mol. The van der Waals surface area contributed by atoms with Crippen LogP contribution in [0.15, 0.2) is 48.5 Å². The Morgan fingerprint density at radius 1 is 1.15 bits per heavy atom. The maximum atomic E-state index is 12.7. The van der Waals surface area contributed by atoms with Crippen LogP contribution in [0.25, 0.3) is 11.1 Å². The Balaban J connectivity index is 1.54. The number of aryl methyl sites for hydroxylation is 1. The number of amides is 2. The second kappa shape index (κ2) is 16.0. The van der Waals surface area contributed by atoms with Crippen molar-refractivity contribution in [3.63, 3.8) is 0 Å². The molecule has 1 heterocycles. The summed E-state index contributed by atoms with van der Waals surface area (Å²) in [5.41, 5.74) is 3.98. The molecule has 1 saturated heterocycles. The van der Waals surface area contributed by atoms with E-state index in [4.69, 9.17) is 9.47 Å². The van der Waals surface area contributed by atoms with Gasteiger partial charge in [-0.2, -0.15) is 11.8 Å². The van der Waals surface area contributed by atoms with Crippen LogP contribution in [0.4, 0.5) is 0 Å². The van der Waals surface area contributed by atoms with E-state index in [2.05, 4.69) is 36.6 Å². The van der Waals surface area contributed by atoms with Crippen molar-refractivity contribution in [1.82, 2.24) is 10.6 Å². The highest BCUT2D eigenvalue weighted by atomic mass is 32.2. The molecular weight excluding hydrogens is 516 g/mol. The van der Waals surface area contributed by atoms with Gasteiger partial charge in [0.2, 0.25) is 5.91 Å². The molecule has 1 aliphatic rings. The van der Waals surface area contributed by atoms with Gasteiger partial charge in [0.25, 0.3) is 5.91 Å². The topological polar surface area (TPSA) is 117 Å². The first-order valence-electron chi connectivity index (χ1n) is 13.8. The van der Waals surface area contributed by atoms with Crippen molar-refractivity contribution in [1.29, 1.82) is 0 Å². The molecule has 1 aliphatic heterocycles. The summed E-state index contributed by atoms with van der Waals surface area (Å²) in [6.45, 7) is 6.26. The van der Waals surface area contributed by atoms with Crippen LogP contribution < -0.4 is 10.6 Å². The van der Waals surface area contributed by atoms with Crippen LogP contribution in [0.1, 0.15) is 56.0 Å². The van der Waals surface area contributed by atoms with Crippen LogP contribution in [0.3, 0.4) is 0 Å². The summed E-state index contributed by atoms with van der Waals surface area (Å²) in [4.78, 5) is 24.5. The van der Waals surface area contributed by atoms with Gasteiger partial charge in [-0.15, -0.1) is 0 Å². The lowest BCUT2D eigenvalue weighted by Crippen LogP contribution is -2.61. The Kier molecular flexibility index (Phi) is 12.7. The van der Waals surface area contributed by atoms with Gasteiger partial charge in [-0.1, -0.05) is 50.2 Å². The molecule has 0 saturated carbocycles. The molecule has 214 valence electrons. The second-order valence-corrected chi connectivity index (χ2v) is 11.1. The molecule has 5 atom stereocenters. The van der Waals surface area contributed by atoms with Crippen LogP contribution in [0, 0.1) is 0 Å². The molecule has 0 spiro atoms. The van der Waals surface area contributed by atoms with Crippen molar-refractivity contribution < 1.29 is 29.3 Å². The summed E-state index contributed by atoms with van der Waals surface area (Å²) < 4.78 is 11.8. The van der Waals surface area contributed by atoms with Crippen molar-refractivity contribution in [2.75, 3.05) is 24.7 Å². The van der Waals surface area contributed by atoms with Gasteiger partial charge in [0, 0.05) is 25.5 Å². The van der Waals surface area contributed by atoms with E-state index in [1.54, 1.807) is 12.1 Å². The average molecular weight is 559 g/mol. The predicted octanol–water partition coefficient (Wildman–Crippen LogP) is 3.54. The van der Waals surface area contributed by atoms with Gasteiger partial charge in [-0.05, 0) is 59.6 Å². The standard InChI is InChI=1S/C30H42N2O6S/c1-4-21-9-6-7-10-24(21)22-11-13-23(14-12-22)30(36)31-16-15-25(34)29-28(32-20(3)33)26(35)19-27(38-29)37-17-8-18-39-5-2/h6-7,9-14,25-29,34-35H,4-5,8,15-19H2,1-3H3,(H,31,36)(H,32,33)/t25?,26?,27?,28-,29?/m1/s1. The van der Waals surface area contributed by atoms with Crippen LogP contribution in [-0.4, -0.2) is 77.3 Å². The number of ether oxygens (including phenoxy) is 2. The van der Waals surface area contributed by atoms with E-state index in [0.29, 0.717) is 12.2 Å². The van der Waals surface area contributed by atoms with E-state index in [1.807, 2.05) is 36.0 Å². The number of nitrogens with one attached hydrogen (secondary N) is 2. The summed E-state index contributed by atoms with van der Waals surface area (Å²) >= 11 is 1.83. The summed E-state index contributed by atoms with van der Waals surface area (Å²) in [5, 5.41) is 27.2. The third-order valence-corrected chi connectivity index (χ3v) is 7.77. The Hall–Kier alpha value is -2.43. The Labute approximate surface area is 235 Å². The lowest BCUT2D eigenvalue weighted by atomic mass is 9.93. The number of aliphatic hydroxyl groups excluding tert-OH is 2. The highest BCUT2D eigenvalue weighted by Crippen LogP contribution is 2.26. The minimum absolute atomic E-state index is 0.182. The highest BCUT2D eigenvalue weighted by molar-refractivity contribution is 7.99. The van der Waals surface area contributed by atoms with Crippen LogP contribution in [-0.2, 0) is 20.7 Å². The minimum Gasteiger partial charge on any atom is -0.391 e. The van der Waals surface area contributed by atoms with Gasteiger partial charge in [-0.3, -0.25) is 9.59 Å². The molecule has 39 heavy (non-hydrogen) atoms. The number of carbonyl (C=O) groups excluding carboxylic acids is 2. The third-order valence-electron chi connectivity index (χ3n) is 6.78. The van der Waals surface area contributed by atoms with Crippen molar-refractivity contribution in [2.45, 2.75) is 77.1 Å². The number of hydrogen-bond donors (Lipinski definition) is 4. The fourth-order valence-electron chi connectivity index (χ4n) is 4.76. The molecule has 2 aromatic rings. The molecule has 2 amide bonds. The van der Waals surface area contributed by atoms with Gasteiger partial charge in [-0.25, -0.2) is 0 Å². The summed E-state index contributed by atoms with van der Waals surface area (Å²) in [5.74, 6) is 1.45. The summed E-state index contributed by atoms with van der Waals surface area (Å²) in [6, 6.07) is 14.9. The number of thioether (sulfide) groups is 1. The molecule has 4 N–H and O–H groups in total. The lowest BCUT2D eigenvalue weighted by Gasteiger charge is -2.41. The van der Waals surface area contributed by atoms with Crippen LogP contribution >= 0.6 is 11.8 Å². The molecular formula is C30H42N2O6S. The normalized spacial score (nSPS) is 21.8. The van der Waals surface area contributed by atoms with Gasteiger partial charge >= 0.3 is 0 Å². The van der Waals surface area contributed by atoms with Crippen molar-refractivity contribution in [3.8, 4) is 11.1 Å². The zero-order valence-electron chi connectivity index (χ0n) is 23.1. The van der Waals surface area contributed by atoms with Crippen molar-refractivity contribution >= 4 is 23.6 Å². The number of rotatable bonds is 14. The second-order valence-electron chi connectivity index (χ2n) is 9.68. The van der Waals surface area contributed by atoms with Crippen molar-refractivity contribution in [3.05, 3.63) is 59.7 Å². The van der Waals surface area contributed by atoms with E-state index < -0.39 is 30.6 Å². The first-order chi connectivity index (χ1) is 18.8. The number of carbonyl (C=O) groups is 2. The number of hydrogen-bond acceptors (Lipinski definition) is 7. The summed E-state index contributed by atoms with van der Waals surface area (Å²) in [6.07, 6.45) is -1.35. The number of benzene rings is 2. The van der Waals surface area contributed by atoms with Crippen LogP contribution in [0.5, 0.6) is 0 Å². The van der Waals surface area contributed by atoms with E-state index in [9.17, 15) is 19.8 Å². The first kappa shape index (κ1) is 31.1. The average Bonchev–Trinajstić information content (AvgIpc) is 2.93. The van der Waals surface area contributed by atoms with E-state index >= 15 is 0 Å². The Morgan fingerprint density at radius 3 is 2.59 bits per heavy atom. The quantitative estimate of drug-likeness (QED) is 0.262. The monoisotopic (exact) mass is 558 g/mol. The van der Waals surface area contributed by atoms with Gasteiger partial charge in [0.05, 0.1) is 24.9 Å². The molecule has 0 bridgehead atoms. The molecule has 2 aromatic carbocycles. The summed E-state index contributed by atoms with van der Waals surface area (Å²) in [7, 11) is 0. The SMILES string of the molecule is CCSCCCOC1CC(O)[C@@H](NC(C)=O)C(C(O)CCNC(=O)c2ccc(-c3ccccc3CC)cc2)O1. The zero-order chi connectivity index (χ0) is 28.2. The molecule has 9 heteroatoms.